The minimum absolute atomic E-state index is 0.320. The number of nitrogens with one attached hydrogen (secondary N) is 1. The van der Waals surface area contributed by atoms with Crippen LogP contribution < -0.4 is 5.32 Å². The largest absolute Gasteiger partial charge is 0.309 e. The number of carbonyl (C=O) groups excluding carboxylic acids is 3. The van der Waals surface area contributed by atoms with Gasteiger partial charge in [0, 0.05) is 12.6 Å². The fourth-order valence-electron chi connectivity index (χ4n) is 2.64. The number of hydrogen-bond donors (Lipinski definition) is 1. The molecular formula is C17H18N4O3. The molecule has 0 fully saturated rings. The van der Waals surface area contributed by atoms with Crippen molar-refractivity contribution in [3.8, 4) is 0 Å². The fourth-order valence-corrected chi connectivity index (χ4v) is 2.64. The zero-order valence-electron chi connectivity index (χ0n) is 13.5. The van der Waals surface area contributed by atoms with E-state index >= 15 is 0 Å². The lowest BCUT2D eigenvalue weighted by molar-refractivity contribution is -0.116. The topological polar surface area (TPSA) is 84.3 Å². The van der Waals surface area contributed by atoms with Crippen molar-refractivity contribution in [1.82, 2.24) is 14.7 Å². The first kappa shape index (κ1) is 15.9. The Morgan fingerprint density at radius 2 is 1.75 bits per heavy atom. The highest BCUT2D eigenvalue weighted by molar-refractivity contribution is 6.22. The summed E-state index contributed by atoms with van der Waals surface area (Å²) in [6.07, 6.45) is 1.60. The summed E-state index contributed by atoms with van der Waals surface area (Å²) < 4.78 is 1.69. The molecule has 1 N–H and O–H groups in total. The number of fused-ring (bicyclic) bond motifs is 1. The Morgan fingerprint density at radius 3 is 2.33 bits per heavy atom. The maximum absolute atomic E-state index is 12.3. The second-order valence-corrected chi connectivity index (χ2v) is 6.08. The summed E-state index contributed by atoms with van der Waals surface area (Å²) in [5, 5.41) is 6.86. The van der Waals surface area contributed by atoms with Crippen LogP contribution in [0.15, 0.2) is 36.5 Å². The van der Waals surface area contributed by atoms with Gasteiger partial charge in [0.15, 0.2) is 0 Å². The van der Waals surface area contributed by atoms with Crippen molar-refractivity contribution in [3.63, 3.8) is 0 Å². The Balaban J connectivity index is 1.70. The predicted molar refractivity (Wildman–Crippen MR) is 87.5 cm³/mol. The number of anilines is 1. The monoisotopic (exact) mass is 326 g/mol. The highest BCUT2D eigenvalue weighted by atomic mass is 16.2. The van der Waals surface area contributed by atoms with E-state index in [-0.39, 0.29) is 6.54 Å². The van der Waals surface area contributed by atoms with Crippen LogP contribution in [0.2, 0.25) is 0 Å². The number of imide groups is 1. The summed E-state index contributed by atoms with van der Waals surface area (Å²) >= 11 is 0. The van der Waals surface area contributed by atoms with Crippen molar-refractivity contribution in [2.75, 3.05) is 11.9 Å². The Kier molecular flexibility index (Phi) is 4.16. The maximum atomic E-state index is 12.3. The molecule has 0 spiro atoms. The van der Waals surface area contributed by atoms with Gasteiger partial charge in [-0.1, -0.05) is 26.0 Å². The lowest BCUT2D eigenvalue weighted by Crippen LogP contribution is -2.37. The molecule has 2 heterocycles. The van der Waals surface area contributed by atoms with E-state index in [4.69, 9.17) is 0 Å². The lowest BCUT2D eigenvalue weighted by Gasteiger charge is -2.15. The summed E-state index contributed by atoms with van der Waals surface area (Å²) in [5.41, 5.74) is 0.667. The summed E-state index contributed by atoms with van der Waals surface area (Å²) in [6, 6.07) is 8.25. The van der Waals surface area contributed by atoms with Crippen molar-refractivity contribution in [1.29, 1.82) is 0 Å². The third kappa shape index (κ3) is 2.92. The Bertz CT molecular complexity index is 775. The molecule has 2 aromatic rings. The van der Waals surface area contributed by atoms with E-state index in [9.17, 15) is 14.4 Å². The number of hydrogen-bond acceptors (Lipinski definition) is 4. The average molecular weight is 326 g/mol. The average Bonchev–Trinajstić information content (AvgIpc) is 3.06. The molecule has 124 valence electrons. The van der Waals surface area contributed by atoms with E-state index in [1.54, 1.807) is 41.2 Å². The fraction of sp³-hybridized carbons (Fsp3) is 0.294. The molecular weight excluding hydrogens is 308 g/mol. The third-order valence-corrected chi connectivity index (χ3v) is 3.70. The molecule has 0 atom stereocenters. The molecule has 0 saturated heterocycles. The molecule has 3 rings (SSSR count). The molecule has 24 heavy (non-hydrogen) atoms. The number of nitrogens with zero attached hydrogens (tertiary/aromatic N) is 3. The van der Waals surface area contributed by atoms with Gasteiger partial charge in [-0.2, -0.15) is 5.10 Å². The van der Waals surface area contributed by atoms with E-state index in [0.29, 0.717) is 29.4 Å². The second kappa shape index (κ2) is 6.27. The van der Waals surface area contributed by atoms with E-state index in [1.165, 1.54) is 0 Å². The van der Waals surface area contributed by atoms with Crippen LogP contribution in [-0.4, -0.2) is 38.9 Å². The van der Waals surface area contributed by atoms with Gasteiger partial charge in [-0.05, 0) is 18.1 Å². The summed E-state index contributed by atoms with van der Waals surface area (Å²) in [7, 11) is 0. The highest BCUT2D eigenvalue weighted by Crippen LogP contribution is 2.22. The minimum atomic E-state index is -0.443. The van der Waals surface area contributed by atoms with Gasteiger partial charge in [0.1, 0.15) is 12.4 Å². The van der Waals surface area contributed by atoms with Crippen molar-refractivity contribution in [2.45, 2.75) is 20.4 Å². The molecule has 7 heteroatoms. The molecule has 0 aliphatic carbocycles. The van der Waals surface area contributed by atoms with Crippen LogP contribution >= 0.6 is 0 Å². The lowest BCUT2D eigenvalue weighted by atomic mass is 10.1. The molecule has 3 amide bonds. The van der Waals surface area contributed by atoms with E-state index < -0.39 is 17.7 Å². The number of benzene rings is 1. The third-order valence-electron chi connectivity index (χ3n) is 3.70. The van der Waals surface area contributed by atoms with Crippen molar-refractivity contribution in [3.05, 3.63) is 47.7 Å². The van der Waals surface area contributed by atoms with Gasteiger partial charge in [-0.25, -0.2) is 4.68 Å². The first-order valence-corrected chi connectivity index (χ1v) is 7.74. The van der Waals surface area contributed by atoms with E-state index in [2.05, 4.69) is 10.4 Å². The van der Waals surface area contributed by atoms with Crippen LogP contribution in [0.5, 0.6) is 0 Å². The molecule has 0 saturated carbocycles. The Hall–Kier alpha value is -2.96. The number of rotatable bonds is 5. The van der Waals surface area contributed by atoms with Gasteiger partial charge in [-0.15, -0.1) is 0 Å². The normalized spacial score (nSPS) is 13.5. The second-order valence-electron chi connectivity index (χ2n) is 6.08. The summed E-state index contributed by atoms with van der Waals surface area (Å²) in [5.74, 6) is -0.403. The van der Waals surface area contributed by atoms with E-state index in [1.807, 2.05) is 13.8 Å². The molecule has 0 radical (unpaired) electrons. The van der Waals surface area contributed by atoms with Crippen LogP contribution in [0.3, 0.4) is 0 Å². The van der Waals surface area contributed by atoms with Crippen molar-refractivity contribution < 1.29 is 14.4 Å². The minimum Gasteiger partial charge on any atom is -0.309 e. The van der Waals surface area contributed by atoms with E-state index in [0.717, 1.165) is 4.90 Å². The SMILES string of the molecule is CC(C)Cn1nccc1NC(=O)CN1C(=O)c2ccccc2C1=O. The van der Waals surface area contributed by atoms with Gasteiger partial charge in [0.05, 0.1) is 17.3 Å². The van der Waals surface area contributed by atoms with Crippen LogP contribution in [-0.2, 0) is 11.3 Å². The van der Waals surface area contributed by atoms with Crippen LogP contribution in [0.4, 0.5) is 5.82 Å². The predicted octanol–water partition coefficient (Wildman–Crippen LogP) is 1.77. The molecule has 0 unspecified atom stereocenters. The van der Waals surface area contributed by atoms with Gasteiger partial charge < -0.3 is 5.32 Å². The van der Waals surface area contributed by atoms with Crippen molar-refractivity contribution >= 4 is 23.5 Å². The van der Waals surface area contributed by atoms with Gasteiger partial charge >= 0.3 is 0 Å². The Labute approximate surface area is 139 Å². The molecule has 1 aromatic heterocycles. The quantitative estimate of drug-likeness (QED) is 0.849. The molecule has 0 bridgehead atoms. The van der Waals surface area contributed by atoms with Gasteiger partial charge in [0.2, 0.25) is 5.91 Å². The smallest absolute Gasteiger partial charge is 0.262 e. The number of amides is 3. The summed E-state index contributed by atoms with van der Waals surface area (Å²) in [6.45, 7) is 4.44. The van der Waals surface area contributed by atoms with Gasteiger partial charge in [0.25, 0.3) is 11.8 Å². The number of aromatic nitrogens is 2. The molecule has 7 nitrogen and oxygen atoms in total. The van der Waals surface area contributed by atoms with Crippen LogP contribution in [0.25, 0.3) is 0 Å². The first-order chi connectivity index (χ1) is 11.5. The van der Waals surface area contributed by atoms with Gasteiger partial charge in [-0.3, -0.25) is 19.3 Å². The maximum Gasteiger partial charge on any atom is 0.262 e. The Morgan fingerprint density at radius 1 is 1.12 bits per heavy atom. The summed E-state index contributed by atoms with van der Waals surface area (Å²) in [4.78, 5) is 37.7. The molecule has 1 aliphatic heterocycles. The van der Waals surface area contributed by atoms with Crippen LogP contribution in [0, 0.1) is 5.92 Å². The first-order valence-electron chi connectivity index (χ1n) is 7.74. The number of carbonyl (C=O) groups is 3. The van der Waals surface area contributed by atoms with Crippen molar-refractivity contribution in [2.24, 2.45) is 5.92 Å². The molecule has 1 aromatic carbocycles. The highest BCUT2D eigenvalue weighted by Gasteiger charge is 2.36. The zero-order chi connectivity index (χ0) is 17.3. The molecule has 1 aliphatic rings. The zero-order valence-corrected chi connectivity index (χ0v) is 13.5. The standard InChI is InChI=1S/C17H18N4O3/c1-11(2)9-21-14(7-8-18-21)19-15(22)10-20-16(23)12-5-3-4-6-13(12)17(20)24/h3-8,11H,9-10H2,1-2H3,(H,19,22). The van der Waals surface area contributed by atoms with Crippen LogP contribution in [0.1, 0.15) is 34.6 Å².